The Morgan fingerprint density at radius 1 is 1.30 bits per heavy atom. The Bertz CT molecular complexity index is 1090. The van der Waals surface area contributed by atoms with Crippen LogP contribution in [0, 0.1) is 17.2 Å². The number of hydrogen-bond donors (Lipinski definition) is 0. The number of methoxy groups -OCH3 is 1. The summed E-state index contributed by atoms with van der Waals surface area (Å²) in [5.41, 5.74) is 3.06. The minimum Gasteiger partial charge on any atom is -0.497 e. The highest BCUT2D eigenvalue weighted by Crippen LogP contribution is 2.56. The van der Waals surface area contributed by atoms with Crippen molar-refractivity contribution >= 4 is 29.3 Å². The number of thioether (sulfide) groups is 1. The average molecular weight is 420 g/mol. The lowest BCUT2D eigenvalue weighted by Gasteiger charge is -2.33. The molecular formula is C23H21N3O3S. The van der Waals surface area contributed by atoms with Crippen LogP contribution in [0.1, 0.15) is 29.5 Å². The summed E-state index contributed by atoms with van der Waals surface area (Å²) in [7, 11) is 1.60. The van der Waals surface area contributed by atoms with Gasteiger partial charge in [-0.3, -0.25) is 9.59 Å². The second-order valence-corrected chi connectivity index (χ2v) is 9.13. The quantitative estimate of drug-likeness (QED) is 0.761. The van der Waals surface area contributed by atoms with Crippen molar-refractivity contribution < 1.29 is 14.3 Å². The minimum atomic E-state index is -1.03. The molecule has 2 aromatic carbocycles. The summed E-state index contributed by atoms with van der Waals surface area (Å²) >= 11 is 1.53. The molecule has 1 saturated heterocycles. The van der Waals surface area contributed by atoms with Gasteiger partial charge in [0.25, 0.3) is 5.91 Å². The van der Waals surface area contributed by atoms with Crippen LogP contribution in [-0.4, -0.2) is 36.1 Å². The van der Waals surface area contributed by atoms with Crippen molar-refractivity contribution in [2.45, 2.75) is 24.3 Å². The number of nitrogens with zero attached hydrogens (tertiary/aromatic N) is 3. The van der Waals surface area contributed by atoms with Crippen LogP contribution in [0.15, 0.2) is 42.5 Å². The van der Waals surface area contributed by atoms with Crippen LogP contribution < -0.4 is 9.64 Å². The molecule has 1 aliphatic carbocycles. The van der Waals surface area contributed by atoms with E-state index >= 15 is 0 Å². The maximum Gasteiger partial charge on any atom is 0.268 e. The number of carbonyl (C=O) groups excluding carboxylic acids is 2. The monoisotopic (exact) mass is 419 g/mol. The van der Waals surface area contributed by atoms with Crippen LogP contribution in [-0.2, 0) is 21.0 Å². The van der Waals surface area contributed by atoms with Gasteiger partial charge in [0.05, 0.1) is 31.0 Å². The van der Waals surface area contributed by atoms with Gasteiger partial charge < -0.3 is 14.5 Å². The summed E-state index contributed by atoms with van der Waals surface area (Å²) in [5, 5.41) is 9.22. The molecule has 2 aromatic rings. The zero-order valence-corrected chi connectivity index (χ0v) is 17.4. The SMILES string of the molecule is COc1ccc2c(c1)C1(SCCN1C(=O)C1CC1)C(=O)N2Cc1cccc(C#N)c1. The van der Waals surface area contributed by atoms with E-state index in [2.05, 4.69) is 6.07 Å². The van der Waals surface area contributed by atoms with Crippen molar-refractivity contribution in [3.05, 3.63) is 59.2 Å². The molecule has 5 rings (SSSR count). The largest absolute Gasteiger partial charge is 0.497 e. The summed E-state index contributed by atoms with van der Waals surface area (Å²) in [6, 6.07) is 15.1. The number of carbonyl (C=O) groups is 2. The summed E-state index contributed by atoms with van der Waals surface area (Å²) < 4.78 is 5.44. The van der Waals surface area contributed by atoms with Crippen LogP contribution in [0.3, 0.4) is 0 Å². The molecule has 2 fully saturated rings. The second-order valence-electron chi connectivity index (χ2n) is 7.84. The van der Waals surface area contributed by atoms with E-state index in [-0.39, 0.29) is 17.7 Å². The number of nitriles is 1. The fraction of sp³-hybridized carbons (Fsp3) is 0.348. The first-order valence-electron chi connectivity index (χ1n) is 10.0. The van der Waals surface area contributed by atoms with Crippen molar-refractivity contribution in [3.8, 4) is 11.8 Å². The summed E-state index contributed by atoms with van der Waals surface area (Å²) in [4.78, 5) is 29.5. The number of rotatable bonds is 4. The van der Waals surface area contributed by atoms with E-state index < -0.39 is 4.87 Å². The van der Waals surface area contributed by atoms with E-state index in [4.69, 9.17) is 4.74 Å². The molecule has 1 spiro atoms. The first-order valence-corrected chi connectivity index (χ1v) is 11.0. The van der Waals surface area contributed by atoms with Crippen LogP contribution >= 0.6 is 11.8 Å². The molecule has 2 aliphatic heterocycles. The topological polar surface area (TPSA) is 73.6 Å². The van der Waals surface area contributed by atoms with Gasteiger partial charge in [-0.25, -0.2) is 0 Å². The van der Waals surface area contributed by atoms with Crippen molar-refractivity contribution in [1.82, 2.24) is 4.90 Å². The summed E-state index contributed by atoms with van der Waals surface area (Å²) in [6.07, 6.45) is 1.81. The van der Waals surface area contributed by atoms with E-state index in [0.717, 1.165) is 35.4 Å². The van der Waals surface area contributed by atoms with Crippen molar-refractivity contribution in [3.63, 3.8) is 0 Å². The molecule has 0 bridgehead atoms. The van der Waals surface area contributed by atoms with E-state index in [1.807, 2.05) is 30.3 Å². The van der Waals surface area contributed by atoms with Gasteiger partial charge in [-0.15, -0.1) is 11.8 Å². The first kappa shape index (κ1) is 19.0. The minimum absolute atomic E-state index is 0.0452. The van der Waals surface area contributed by atoms with Gasteiger partial charge >= 0.3 is 0 Å². The normalized spacial score (nSPS) is 22.3. The maximum atomic E-state index is 13.9. The smallest absolute Gasteiger partial charge is 0.268 e. The van der Waals surface area contributed by atoms with Crippen LogP contribution in [0.25, 0.3) is 0 Å². The van der Waals surface area contributed by atoms with Crippen LogP contribution in [0.2, 0.25) is 0 Å². The molecule has 6 nitrogen and oxygen atoms in total. The molecule has 152 valence electrons. The predicted molar refractivity (Wildman–Crippen MR) is 114 cm³/mol. The molecule has 0 N–H and O–H groups in total. The standard InChI is InChI=1S/C23H21N3O3S/c1-29-18-7-8-20-19(12-18)23(26(9-10-30-23)21(27)17-5-6-17)22(28)25(20)14-16-4-2-3-15(11-16)13-24/h2-4,7-8,11-12,17H,5-6,9-10,14H2,1H3. The Morgan fingerprint density at radius 3 is 2.87 bits per heavy atom. The van der Waals surface area contributed by atoms with Crippen LogP contribution in [0.4, 0.5) is 5.69 Å². The fourth-order valence-electron chi connectivity index (χ4n) is 4.37. The number of benzene rings is 2. The number of ether oxygens (including phenoxy) is 1. The summed E-state index contributed by atoms with van der Waals surface area (Å²) in [5.74, 6) is 1.42. The van der Waals surface area contributed by atoms with E-state index in [1.165, 1.54) is 11.8 Å². The predicted octanol–water partition coefficient (Wildman–Crippen LogP) is 3.25. The molecule has 7 heteroatoms. The molecule has 2 amide bonds. The van der Waals surface area contributed by atoms with Crippen LogP contribution in [0.5, 0.6) is 5.75 Å². The highest BCUT2D eigenvalue weighted by Gasteiger charge is 2.60. The molecule has 1 saturated carbocycles. The molecular weight excluding hydrogens is 398 g/mol. The average Bonchev–Trinajstić information content (AvgIpc) is 3.50. The Balaban J connectivity index is 1.60. The third-order valence-corrected chi connectivity index (χ3v) is 7.41. The molecule has 2 heterocycles. The van der Waals surface area contributed by atoms with Gasteiger partial charge in [0.15, 0.2) is 4.87 Å². The van der Waals surface area contributed by atoms with E-state index in [0.29, 0.717) is 24.4 Å². The van der Waals surface area contributed by atoms with Crippen molar-refractivity contribution in [2.24, 2.45) is 5.92 Å². The number of anilines is 1. The van der Waals surface area contributed by atoms with Crippen molar-refractivity contribution in [1.29, 1.82) is 5.26 Å². The molecule has 3 aliphatic rings. The maximum absolute atomic E-state index is 13.9. The molecule has 30 heavy (non-hydrogen) atoms. The Kier molecular flexibility index (Phi) is 4.48. The van der Waals surface area contributed by atoms with E-state index in [1.54, 1.807) is 29.0 Å². The number of fused-ring (bicyclic) bond motifs is 2. The van der Waals surface area contributed by atoms with Gasteiger partial charge in [0, 0.05) is 23.8 Å². The van der Waals surface area contributed by atoms with E-state index in [9.17, 15) is 14.9 Å². The van der Waals surface area contributed by atoms with Crippen molar-refractivity contribution in [2.75, 3.05) is 24.3 Å². The first-order chi connectivity index (χ1) is 14.6. The third-order valence-electron chi connectivity index (χ3n) is 5.99. The third kappa shape index (κ3) is 2.78. The Morgan fingerprint density at radius 2 is 2.13 bits per heavy atom. The fourth-order valence-corrected chi connectivity index (χ4v) is 5.83. The van der Waals surface area contributed by atoms with Gasteiger partial charge in [0.2, 0.25) is 5.91 Å². The Labute approximate surface area is 179 Å². The Hall–Kier alpha value is -2.98. The number of amides is 2. The zero-order chi connectivity index (χ0) is 20.9. The number of hydrogen-bond acceptors (Lipinski definition) is 5. The van der Waals surface area contributed by atoms with Gasteiger partial charge in [-0.05, 0) is 48.7 Å². The lowest BCUT2D eigenvalue weighted by atomic mass is 10.0. The highest BCUT2D eigenvalue weighted by atomic mass is 32.2. The lowest BCUT2D eigenvalue weighted by molar-refractivity contribution is -0.141. The molecule has 0 aromatic heterocycles. The molecule has 1 unspecified atom stereocenters. The van der Waals surface area contributed by atoms with Gasteiger partial charge in [-0.1, -0.05) is 12.1 Å². The van der Waals surface area contributed by atoms with Gasteiger partial charge in [-0.2, -0.15) is 5.26 Å². The second kappa shape index (κ2) is 7.06. The molecule has 0 radical (unpaired) electrons. The lowest BCUT2D eigenvalue weighted by Crippen LogP contribution is -2.50. The zero-order valence-electron chi connectivity index (χ0n) is 16.6. The highest BCUT2D eigenvalue weighted by molar-refractivity contribution is 8.01. The van der Waals surface area contributed by atoms with Gasteiger partial charge in [0.1, 0.15) is 5.75 Å². The molecule has 1 atom stereocenters. The summed E-state index contributed by atoms with van der Waals surface area (Å²) in [6.45, 7) is 0.918.